The van der Waals surface area contributed by atoms with Gasteiger partial charge in [0.15, 0.2) is 0 Å². The maximum atomic E-state index is 13.3. The van der Waals surface area contributed by atoms with Crippen LogP contribution in [0.25, 0.3) is 0 Å². The number of halogens is 1. The molecule has 0 amide bonds. The SMILES string of the molecule is CCSCCC(CN)N1CCc2ccc(F)cc21. The van der Waals surface area contributed by atoms with Gasteiger partial charge in [0, 0.05) is 24.8 Å². The normalized spacial score (nSPS) is 15.8. The Hall–Kier alpha value is -0.740. The maximum Gasteiger partial charge on any atom is 0.125 e. The Morgan fingerprint density at radius 1 is 1.50 bits per heavy atom. The van der Waals surface area contributed by atoms with E-state index >= 15 is 0 Å². The molecule has 0 saturated heterocycles. The van der Waals surface area contributed by atoms with Crippen molar-refractivity contribution in [3.63, 3.8) is 0 Å². The number of hydrogen-bond acceptors (Lipinski definition) is 3. The first-order chi connectivity index (χ1) is 8.76. The molecule has 2 rings (SSSR count). The summed E-state index contributed by atoms with van der Waals surface area (Å²) in [6.45, 7) is 3.78. The lowest BCUT2D eigenvalue weighted by Crippen LogP contribution is -2.40. The Balaban J connectivity index is 2.07. The first-order valence-corrected chi connectivity index (χ1v) is 7.74. The fourth-order valence-corrected chi connectivity index (χ4v) is 3.25. The molecule has 1 aromatic carbocycles. The van der Waals surface area contributed by atoms with Gasteiger partial charge in [-0.3, -0.25) is 0 Å². The number of nitrogens with zero attached hydrogens (tertiary/aromatic N) is 1. The van der Waals surface area contributed by atoms with Crippen LogP contribution in [-0.4, -0.2) is 30.6 Å². The third-order valence-electron chi connectivity index (χ3n) is 3.49. The van der Waals surface area contributed by atoms with Crippen molar-refractivity contribution in [1.29, 1.82) is 0 Å². The summed E-state index contributed by atoms with van der Waals surface area (Å²) in [6.07, 6.45) is 2.08. The summed E-state index contributed by atoms with van der Waals surface area (Å²) in [5.41, 5.74) is 8.18. The van der Waals surface area contributed by atoms with Crippen LogP contribution < -0.4 is 10.6 Å². The molecule has 1 aliphatic rings. The van der Waals surface area contributed by atoms with E-state index < -0.39 is 0 Å². The highest BCUT2D eigenvalue weighted by Gasteiger charge is 2.25. The Morgan fingerprint density at radius 2 is 2.33 bits per heavy atom. The first kappa shape index (κ1) is 13.7. The fourth-order valence-electron chi connectivity index (χ4n) is 2.52. The van der Waals surface area contributed by atoms with E-state index in [0.29, 0.717) is 12.6 Å². The molecule has 0 radical (unpaired) electrons. The van der Waals surface area contributed by atoms with Crippen LogP contribution in [0.3, 0.4) is 0 Å². The van der Waals surface area contributed by atoms with Gasteiger partial charge in [0.05, 0.1) is 0 Å². The molecule has 0 bridgehead atoms. The van der Waals surface area contributed by atoms with Crippen LogP contribution in [0.4, 0.5) is 10.1 Å². The molecule has 2 N–H and O–H groups in total. The summed E-state index contributed by atoms with van der Waals surface area (Å²) in [4.78, 5) is 2.29. The molecule has 0 aromatic heterocycles. The van der Waals surface area contributed by atoms with Gasteiger partial charge in [-0.2, -0.15) is 11.8 Å². The summed E-state index contributed by atoms with van der Waals surface area (Å²) in [5.74, 6) is 2.11. The molecule has 0 fully saturated rings. The van der Waals surface area contributed by atoms with Gasteiger partial charge in [-0.1, -0.05) is 13.0 Å². The van der Waals surface area contributed by atoms with Gasteiger partial charge in [0.1, 0.15) is 5.82 Å². The third-order valence-corrected chi connectivity index (χ3v) is 4.42. The van der Waals surface area contributed by atoms with Crippen molar-refractivity contribution in [2.75, 3.05) is 29.5 Å². The monoisotopic (exact) mass is 268 g/mol. The molecule has 1 aromatic rings. The molecule has 4 heteroatoms. The molecule has 1 atom stereocenters. The van der Waals surface area contributed by atoms with Crippen molar-refractivity contribution in [3.8, 4) is 0 Å². The molecule has 0 saturated carbocycles. The van der Waals surface area contributed by atoms with Gasteiger partial charge in [0.2, 0.25) is 0 Å². The van der Waals surface area contributed by atoms with Gasteiger partial charge < -0.3 is 10.6 Å². The largest absolute Gasteiger partial charge is 0.367 e. The summed E-state index contributed by atoms with van der Waals surface area (Å²) < 4.78 is 13.3. The van der Waals surface area contributed by atoms with E-state index in [0.717, 1.165) is 36.6 Å². The second kappa shape index (κ2) is 6.43. The topological polar surface area (TPSA) is 29.3 Å². The highest BCUT2D eigenvalue weighted by atomic mass is 32.2. The second-order valence-electron chi connectivity index (χ2n) is 4.59. The zero-order chi connectivity index (χ0) is 13.0. The Labute approximate surface area is 113 Å². The summed E-state index contributed by atoms with van der Waals surface area (Å²) >= 11 is 1.94. The minimum Gasteiger partial charge on any atom is -0.367 e. The molecule has 100 valence electrons. The summed E-state index contributed by atoms with van der Waals surface area (Å²) in [7, 11) is 0. The van der Waals surface area contributed by atoms with Crippen LogP contribution in [0.5, 0.6) is 0 Å². The quantitative estimate of drug-likeness (QED) is 0.804. The molecule has 18 heavy (non-hydrogen) atoms. The number of anilines is 1. The van der Waals surface area contributed by atoms with Crippen molar-refractivity contribution in [2.24, 2.45) is 5.73 Å². The zero-order valence-electron chi connectivity index (χ0n) is 10.9. The Bertz CT molecular complexity index is 397. The summed E-state index contributed by atoms with van der Waals surface area (Å²) in [6, 6.07) is 5.44. The van der Waals surface area contributed by atoms with Crippen LogP contribution in [0.2, 0.25) is 0 Å². The maximum absolute atomic E-state index is 13.3. The van der Waals surface area contributed by atoms with E-state index in [-0.39, 0.29) is 5.82 Å². The predicted molar refractivity (Wildman–Crippen MR) is 77.9 cm³/mol. The van der Waals surface area contributed by atoms with Gasteiger partial charge in [-0.25, -0.2) is 4.39 Å². The van der Waals surface area contributed by atoms with Crippen molar-refractivity contribution in [3.05, 3.63) is 29.6 Å². The number of rotatable bonds is 6. The lowest BCUT2D eigenvalue weighted by molar-refractivity contribution is 0.595. The fraction of sp³-hybridized carbons (Fsp3) is 0.571. The van der Waals surface area contributed by atoms with Crippen molar-refractivity contribution < 1.29 is 4.39 Å². The standard InChI is InChI=1S/C14H21FN2S/c1-2-18-8-6-13(10-16)17-7-5-11-3-4-12(15)9-14(11)17/h3-4,9,13H,2,5-8,10,16H2,1H3. The molecule has 1 aliphatic heterocycles. The molecule has 1 unspecified atom stereocenters. The molecule has 2 nitrogen and oxygen atoms in total. The lowest BCUT2D eigenvalue weighted by Gasteiger charge is -2.29. The predicted octanol–water partition coefficient (Wildman–Crippen LogP) is 2.66. The van der Waals surface area contributed by atoms with E-state index in [9.17, 15) is 4.39 Å². The van der Waals surface area contributed by atoms with E-state index in [1.165, 1.54) is 5.56 Å². The van der Waals surface area contributed by atoms with Crippen LogP contribution >= 0.6 is 11.8 Å². The Morgan fingerprint density at radius 3 is 3.06 bits per heavy atom. The van der Waals surface area contributed by atoms with Crippen LogP contribution in [0.1, 0.15) is 18.9 Å². The second-order valence-corrected chi connectivity index (χ2v) is 5.99. The van der Waals surface area contributed by atoms with Crippen LogP contribution in [0, 0.1) is 5.82 Å². The lowest BCUT2D eigenvalue weighted by atomic mass is 10.1. The number of thioether (sulfide) groups is 1. The molecule has 0 spiro atoms. The average Bonchev–Trinajstić information content (AvgIpc) is 2.78. The van der Waals surface area contributed by atoms with E-state index in [1.54, 1.807) is 12.1 Å². The Kier molecular flexibility index (Phi) is 4.89. The number of benzene rings is 1. The van der Waals surface area contributed by atoms with Gasteiger partial charge in [0.25, 0.3) is 0 Å². The smallest absolute Gasteiger partial charge is 0.125 e. The highest BCUT2D eigenvalue weighted by molar-refractivity contribution is 7.99. The minimum atomic E-state index is -0.153. The van der Waals surface area contributed by atoms with Gasteiger partial charge >= 0.3 is 0 Å². The number of nitrogens with two attached hydrogens (primary N) is 1. The van der Waals surface area contributed by atoms with Gasteiger partial charge in [-0.15, -0.1) is 0 Å². The molecule has 0 aliphatic carbocycles. The number of fused-ring (bicyclic) bond motifs is 1. The van der Waals surface area contributed by atoms with E-state index in [4.69, 9.17) is 5.73 Å². The first-order valence-electron chi connectivity index (χ1n) is 6.59. The summed E-state index contributed by atoms with van der Waals surface area (Å²) in [5, 5.41) is 0. The third kappa shape index (κ3) is 2.98. The van der Waals surface area contributed by atoms with E-state index in [1.807, 2.05) is 17.8 Å². The van der Waals surface area contributed by atoms with Gasteiger partial charge in [-0.05, 0) is 42.0 Å². The zero-order valence-corrected chi connectivity index (χ0v) is 11.7. The van der Waals surface area contributed by atoms with Crippen LogP contribution in [0.15, 0.2) is 18.2 Å². The molecule has 1 heterocycles. The minimum absolute atomic E-state index is 0.153. The van der Waals surface area contributed by atoms with Crippen molar-refractivity contribution in [1.82, 2.24) is 0 Å². The van der Waals surface area contributed by atoms with Crippen molar-refractivity contribution in [2.45, 2.75) is 25.8 Å². The highest BCUT2D eigenvalue weighted by Crippen LogP contribution is 2.31. The number of hydrogen-bond donors (Lipinski definition) is 1. The van der Waals surface area contributed by atoms with Crippen LogP contribution in [-0.2, 0) is 6.42 Å². The average molecular weight is 268 g/mol. The van der Waals surface area contributed by atoms with E-state index in [2.05, 4.69) is 11.8 Å². The van der Waals surface area contributed by atoms with Crippen molar-refractivity contribution >= 4 is 17.4 Å². The molecular weight excluding hydrogens is 247 g/mol. The molecular formula is C14H21FN2S.